The zero-order valence-corrected chi connectivity index (χ0v) is 12.5. The SMILES string of the molecule is C=CCn1c(C2CCCC2)nc(Cc2ccccc2)c1N. The number of rotatable bonds is 5. The summed E-state index contributed by atoms with van der Waals surface area (Å²) in [7, 11) is 0. The third kappa shape index (κ3) is 2.87. The van der Waals surface area contributed by atoms with E-state index in [1.165, 1.54) is 31.2 Å². The lowest BCUT2D eigenvalue weighted by molar-refractivity contribution is 0.618. The Labute approximate surface area is 126 Å². The molecule has 0 atom stereocenters. The van der Waals surface area contributed by atoms with Gasteiger partial charge in [0.1, 0.15) is 11.6 Å². The fourth-order valence-corrected chi connectivity index (χ4v) is 3.27. The van der Waals surface area contributed by atoms with Gasteiger partial charge in [-0.3, -0.25) is 0 Å². The molecule has 3 nitrogen and oxygen atoms in total. The van der Waals surface area contributed by atoms with Crippen molar-refractivity contribution in [2.75, 3.05) is 5.73 Å². The molecule has 0 unspecified atom stereocenters. The summed E-state index contributed by atoms with van der Waals surface area (Å²) in [6.07, 6.45) is 7.79. The maximum absolute atomic E-state index is 6.36. The second kappa shape index (κ2) is 6.17. The van der Waals surface area contributed by atoms with Gasteiger partial charge in [0.15, 0.2) is 0 Å². The molecule has 21 heavy (non-hydrogen) atoms. The van der Waals surface area contributed by atoms with Crippen LogP contribution in [0.3, 0.4) is 0 Å². The summed E-state index contributed by atoms with van der Waals surface area (Å²) in [6.45, 7) is 4.60. The van der Waals surface area contributed by atoms with Gasteiger partial charge in [0.05, 0.1) is 5.69 Å². The maximum Gasteiger partial charge on any atom is 0.127 e. The van der Waals surface area contributed by atoms with Gasteiger partial charge in [-0.1, -0.05) is 49.2 Å². The van der Waals surface area contributed by atoms with Crippen LogP contribution in [0, 0.1) is 0 Å². The number of nitrogens with two attached hydrogens (primary N) is 1. The van der Waals surface area contributed by atoms with Crippen LogP contribution in [-0.2, 0) is 13.0 Å². The number of nitrogens with zero attached hydrogens (tertiary/aromatic N) is 2. The van der Waals surface area contributed by atoms with Crippen LogP contribution >= 0.6 is 0 Å². The first-order valence-corrected chi connectivity index (χ1v) is 7.79. The van der Waals surface area contributed by atoms with Gasteiger partial charge in [0.25, 0.3) is 0 Å². The highest BCUT2D eigenvalue weighted by atomic mass is 15.1. The minimum Gasteiger partial charge on any atom is -0.384 e. The van der Waals surface area contributed by atoms with Crippen molar-refractivity contribution in [1.82, 2.24) is 9.55 Å². The number of aromatic nitrogens is 2. The molecule has 2 N–H and O–H groups in total. The lowest BCUT2D eigenvalue weighted by atomic mass is 10.1. The van der Waals surface area contributed by atoms with Crippen molar-refractivity contribution in [2.24, 2.45) is 0 Å². The summed E-state index contributed by atoms with van der Waals surface area (Å²) in [5, 5.41) is 0. The van der Waals surface area contributed by atoms with Crippen molar-refractivity contribution in [3.05, 3.63) is 60.1 Å². The number of allylic oxidation sites excluding steroid dienone is 1. The molecule has 3 rings (SSSR count). The number of anilines is 1. The van der Waals surface area contributed by atoms with E-state index in [1.807, 2.05) is 12.1 Å². The highest BCUT2D eigenvalue weighted by Gasteiger charge is 2.24. The fourth-order valence-electron chi connectivity index (χ4n) is 3.27. The van der Waals surface area contributed by atoms with Gasteiger partial charge in [-0.25, -0.2) is 4.98 Å². The summed E-state index contributed by atoms with van der Waals surface area (Å²) >= 11 is 0. The Morgan fingerprint density at radius 3 is 2.62 bits per heavy atom. The van der Waals surface area contributed by atoms with Gasteiger partial charge in [0, 0.05) is 18.9 Å². The molecular formula is C18H23N3. The van der Waals surface area contributed by atoms with Gasteiger partial charge in [-0.15, -0.1) is 6.58 Å². The predicted molar refractivity (Wildman–Crippen MR) is 87.3 cm³/mol. The summed E-state index contributed by atoms with van der Waals surface area (Å²) in [6, 6.07) is 10.4. The monoisotopic (exact) mass is 281 g/mol. The van der Waals surface area contributed by atoms with Crippen LogP contribution in [0.2, 0.25) is 0 Å². The second-order valence-corrected chi connectivity index (χ2v) is 5.84. The average Bonchev–Trinajstić information content (AvgIpc) is 3.12. The zero-order chi connectivity index (χ0) is 14.7. The predicted octanol–water partition coefficient (Wildman–Crippen LogP) is 3.90. The molecule has 1 fully saturated rings. The molecule has 1 aromatic carbocycles. The third-order valence-electron chi connectivity index (χ3n) is 4.36. The fraction of sp³-hybridized carbons (Fsp3) is 0.389. The molecule has 2 aromatic rings. The van der Waals surface area contributed by atoms with Crippen LogP contribution in [0.1, 0.15) is 48.7 Å². The standard InChI is InChI=1S/C18H23N3/c1-2-12-21-17(19)16(13-14-8-4-3-5-9-14)20-18(21)15-10-6-7-11-15/h2-5,8-9,15H,1,6-7,10-13,19H2. The van der Waals surface area contributed by atoms with Crippen molar-refractivity contribution in [1.29, 1.82) is 0 Å². The number of imidazole rings is 1. The van der Waals surface area contributed by atoms with Gasteiger partial charge in [-0.2, -0.15) is 0 Å². The molecule has 0 spiro atoms. The van der Waals surface area contributed by atoms with E-state index in [0.29, 0.717) is 5.92 Å². The van der Waals surface area contributed by atoms with Crippen molar-refractivity contribution in [3.8, 4) is 0 Å². The first-order chi connectivity index (χ1) is 10.3. The van der Waals surface area contributed by atoms with Crippen molar-refractivity contribution < 1.29 is 0 Å². The summed E-state index contributed by atoms with van der Waals surface area (Å²) in [5.41, 5.74) is 8.62. The molecule has 0 saturated heterocycles. The van der Waals surface area contributed by atoms with Crippen LogP contribution in [0.25, 0.3) is 0 Å². The van der Waals surface area contributed by atoms with Crippen LogP contribution in [0.5, 0.6) is 0 Å². The lowest BCUT2D eigenvalue weighted by Gasteiger charge is -2.11. The third-order valence-corrected chi connectivity index (χ3v) is 4.36. The summed E-state index contributed by atoms with van der Waals surface area (Å²) in [4.78, 5) is 4.90. The largest absolute Gasteiger partial charge is 0.384 e. The molecular weight excluding hydrogens is 258 g/mol. The van der Waals surface area contributed by atoms with Crippen LogP contribution < -0.4 is 5.73 Å². The van der Waals surface area contributed by atoms with E-state index in [9.17, 15) is 0 Å². The van der Waals surface area contributed by atoms with Gasteiger partial charge >= 0.3 is 0 Å². The minimum atomic E-state index is 0.566. The van der Waals surface area contributed by atoms with Gasteiger partial charge in [-0.05, 0) is 18.4 Å². The van der Waals surface area contributed by atoms with Crippen LogP contribution in [0.15, 0.2) is 43.0 Å². The second-order valence-electron chi connectivity index (χ2n) is 5.84. The highest BCUT2D eigenvalue weighted by molar-refractivity contribution is 5.42. The van der Waals surface area contributed by atoms with E-state index < -0.39 is 0 Å². The van der Waals surface area contributed by atoms with E-state index in [-0.39, 0.29) is 0 Å². The van der Waals surface area contributed by atoms with Crippen molar-refractivity contribution in [2.45, 2.75) is 44.6 Å². The Morgan fingerprint density at radius 1 is 1.24 bits per heavy atom. The highest BCUT2D eigenvalue weighted by Crippen LogP contribution is 2.35. The molecule has 0 bridgehead atoms. The Morgan fingerprint density at radius 2 is 1.95 bits per heavy atom. The molecule has 0 aliphatic heterocycles. The molecule has 3 heteroatoms. The van der Waals surface area contributed by atoms with E-state index in [0.717, 1.165) is 30.3 Å². The molecule has 0 radical (unpaired) electrons. The summed E-state index contributed by atoms with van der Waals surface area (Å²) < 4.78 is 2.15. The number of benzene rings is 1. The Kier molecular flexibility index (Phi) is 4.09. The smallest absolute Gasteiger partial charge is 0.127 e. The first-order valence-electron chi connectivity index (χ1n) is 7.79. The zero-order valence-electron chi connectivity index (χ0n) is 12.5. The molecule has 1 aliphatic carbocycles. The van der Waals surface area contributed by atoms with Gasteiger partial charge in [0.2, 0.25) is 0 Å². The summed E-state index contributed by atoms with van der Waals surface area (Å²) in [5.74, 6) is 2.54. The van der Waals surface area contributed by atoms with Gasteiger partial charge < -0.3 is 10.3 Å². The van der Waals surface area contributed by atoms with Crippen LogP contribution in [0.4, 0.5) is 5.82 Å². The molecule has 1 aliphatic rings. The first kappa shape index (κ1) is 13.9. The van der Waals surface area contributed by atoms with E-state index in [4.69, 9.17) is 10.7 Å². The quantitative estimate of drug-likeness (QED) is 0.845. The minimum absolute atomic E-state index is 0.566. The van der Waals surface area contributed by atoms with Crippen LogP contribution in [-0.4, -0.2) is 9.55 Å². The molecule has 1 aromatic heterocycles. The Balaban J connectivity index is 1.93. The Bertz CT molecular complexity index is 607. The molecule has 1 heterocycles. The molecule has 1 saturated carbocycles. The van der Waals surface area contributed by atoms with E-state index >= 15 is 0 Å². The van der Waals surface area contributed by atoms with Crippen molar-refractivity contribution >= 4 is 5.82 Å². The molecule has 0 amide bonds. The van der Waals surface area contributed by atoms with Crippen molar-refractivity contribution in [3.63, 3.8) is 0 Å². The number of hydrogen-bond donors (Lipinski definition) is 1. The number of hydrogen-bond acceptors (Lipinski definition) is 2. The van der Waals surface area contributed by atoms with E-state index in [1.54, 1.807) is 0 Å². The average molecular weight is 281 g/mol. The topological polar surface area (TPSA) is 43.8 Å². The molecule has 110 valence electrons. The Hall–Kier alpha value is -2.03. The lowest BCUT2D eigenvalue weighted by Crippen LogP contribution is -2.08. The normalized spacial score (nSPS) is 15.4. The maximum atomic E-state index is 6.36. The van der Waals surface area contributed by atoms with E-state index in [2.05, 4.69) is 35.4 Å². The number of nitrogen functional groups attached to an aromatic ring is 1.